The molecule has 1 aromatic rings. The first kappa shape index (κ1) is 13.8. The fourth-order valence-corrected chi connectivity index (χ4v) is 2.55. The summed E-state index contributed by atoms with van der Waals surface area (Å²) in [5.41, 5.74) is 6.63. The molecule has 3 N–H and O–H groups in total. The second-order valence-electron chi connectivity index (χ2n) is 5.08. The van der Waals surface area contributed by atoms with E-state index in [9.17, 15) is 15.2 Å². The molecule has 2 rings (SSSR count). The van der Waals surface area contributed by atoms with Gasteiger partial charge in [-0.3, -0.25) is 15.0 Å². The topological polar surface area (TPSA) is 92.6 Å². The molecule has 0 bridgehead atoms. The monoisotopic (exact) mass is 265 g/mol. The number of hydrogen-bond donors (Lipinski definition) is 2. The molecule has 1 fully saturated rings. The summed E-state index contributed by atoms with van der Waals surface area (Å²) in [5, 5.41) is 20.0. The van der Waals surface area contributed by atoms with Crippen LogP contribution >= 0.6 is 0 Å². The number of aliphatic hydroxyl groups excluding tert-OH is 1. The highest BCUT2D eigenvalue weighted by Crippen LogP contribution is 2.24. The Hall–Kier alpha value is -1.66. The number of piperidine rings is 1. The highest BCUT2D eigenvalue weighted by Gasteiger charge is 2.20. The van der Waals surface area contributed by atoms with Crippen LogP contribution in [0.4, 0.5) is 11.4 Å². The van der Waals surface area contributed by atoms with Crippen molar-refractivity contribution in [2.75, 3.05) is 25.4 Å². The minimum Gasteiger partial charge on any atom is -0.396 e. The Balaban J connectivity index is 2.06. The molecule has 104 valence electrons. The molecular formula is C13H19N3O3. The zero-order chi connectivity index (χ0) is 13.8. The summed E-state index contributed by atoms with van der Waals surface area (Å²) in [5.74, 6) is 0.317. The number of nitrogens with two attached hydrogens (primary N) is 1. The number of aliphatic hydroxyl groups is 1. The molecule has 1 aliphatic heterocycles. The van der Waals surface area contributed by atoms with Gasteiger partial charge in [-0.2, -0.15) is 0 Å². The van der Waals surface area contributed by atoms with Crippen molar-refractivity contribution in [2.24, 2.45) is 5.92 Å². The van der Waals surface area contributed by atoms with E-state index in [0.29, 0.717) is 12.5 Å². The van der Waals surface area contributed by atoms with Crippen LogP contribution in [0.15, 0.2) is 18.2 Å². The maximum Gasteiger partial charge on any atom is 0.292 e. The van der Waals surface area contributed by atoms with E-state index in [-0.39, 0.29) is 18.0 Å². The van der Waals surface area contributed by atoms with Gasteiger partial charge in [0.15, 0.2) is 0 Å². The number of nitrogens with zero attached hydrogens (tertiary/aromatic N) is 2. The molecule has 0 saturated carbocycles. The molecule has 1 unspecified atom stereocenters. The van der Waals surface area contributed by atoms with E-state index in [2.05, 4.69) is 4.90 Å². The molecule has 19 heavy (non-hydrogen) atoms. The quantitative estimate of drug-likeness (QED) is 0.487. The van der Waals surface area contributed by atoms with Crippen molar-refractivity contribution in [3.8, 4) is 0 Å². The van der Waals surface area contributed by atoms with E-state index < -0.39 is 4.92 Å². The minimum atomic E-state index is -0.453. The number of nitro groups is 1. The Morgan fingerprint density at radius 2 is 2.32 bits per heavy atom. The average Bonchev–Trinajstić information content (AvgIpc) is 2.41. The van der Waals surface area contributed by atoms with Gasteiger partial charge in [-0.15, -0.1) is 0 Å². The van der Waals surface area contributed by atoms with Crippen LogP contribution < -0.4 is 5.73 Å². The van der Waals surface area contributed by atoms with Gasteiger partial charge in [0, 0.05) is 25.8 Å². The molecule has 0 aromatic heterocycles. The lowest BCUT2D eigenvalue weighted by Gasteiger charge is -2.31. The highest BCUT2D eigenvalue weighted by atomic mass is 16.6. The summed E-state index contributed by atoms with van der Waals surface area (Å²) < 4.78 is 0. The lowest BCUT2D eigenvalue weighted by molar-refractivity contribution is -0.384. The van der Waals surface area contributed by atoms with E-state index in [1.165, 1.54) is 6.07 Å². The van der Waals surface area contributed by atoms with Gasteiger partial charge in [-0.1, -0.05) is 6.07 Å². The maximum atomic E-state index is 10.8. The lowest BCUT2D eigenvalue weighted by Crippen LogP contribution is -2.36. The molecule has 0 radical (unpaired) electrons. The number of nitro benzene ring substituents is 1. The van der Waals surface area contributed by atoms with Gasteiger partial charge in [0.2, 0.25) is 0 Å². The van der Waals surface area contributed by atoms with Crippen LogP contribution in [0.25, 0.3) is 0 Å². The molecule has 0 spiro atoms. The van der Waals surface area contributed by atoms with Crippen LogP contribution in [0, 0.1) is 16.0 Å². The summed E-state index contributed by atoms with van der Waals surface area (Å²) in [7, 11) is 0. The molecule has 0 amide bonds. The van der Waals surface area contributed by atoms with Crippen LogP contribution in [0.5, 0.6) is 0 Å². The van der Waals surface area contributed by atoms with Gasteiger partial charge in [-0.05, 0) is 36.9 Å². The molecule has 1 aromatic carbocycles. The van der Waals surface area contributed by atoms with Gasteiger partial charge in [0.25, 0.3) is 5.69 Å². The molecule has 6 nitrogen and oxygen atoms in total. The zero-order valence-corrected chi connectivity index (χ0v) is 10.8. The summed E-state index contributed by atoms with van der Waals surface area (Å²) in [6, 6.07) is 4.95. The van der Waals surface area contributed by atoms with Crippen LogP contribution in [0.3, 0.4) is 0 Å². The lowest BCUT2D eigenvalue weighted by atomic mass is 9.98. The first-order valence-electron chi connectivity index (χ1n) is 6.46. The normalized spacial score (nSPS) is 20.4. The smallest absolute Gasteiger partial charge is 0.292 e. The highest BCUT2D eigenvalue weighted by molar-refractivity contribution is 5.59. The number of anilines is 1. The van der Waals surface area contributed by atoms with Crippen molar-refractivity contribution in [3.63, 3.8) is 0 Å². The molecule has 1 heterocycles. The van der Waals surface area contributed by atoms with Crippen LogP contribution in [0.2, 0.25) is 0 Å². The van der Waals surface area contributed by atoms with E-state index in [1.54, 1.807) is 6.07 Å². The number of rotatable bonds is 4. The van der Waals surface area contributed by atoms with Crippen molar-refractivity contribution in [3.05, 3.63) is 33.9 Å². The molecule has 1 aliphatic rings. The second-order valence-corrected chi connectivity index (χ2v) is 5.08. The van der Waals surface area contributed by atoms with Gasteiger partial charge < -0.3 is 10.8 Å². The summed E-state index contributed by atoms with van der Waals surface area (Å²) in [4.78, 5) is 12.6. The zero-order valence-electron chi connectivity index (χ0n) is 10.8. The summed E-state index contributed by atoms with van der Waals surface area (Å²) in [6.45, 7) is 2.68. The maximum absolute atomic E-state index is 10.8. The van der Waals surface area contributed by atoms with Gasteiger partial charge in [-0.25, -0.2) is 0 Å². The predicted octanol–water partition coefficient (Wildman–Crippen LogP) is 1.38. The molecule has 1 saturated heterocycles. The van der Waals surface area contributed by atoms with Gasteiger partial charge >= 0.3 is 0 Å². The Morgan fingerprint density at radius 3 is 3.00 bits per heavy atom. The van der Waals surface area contributed by atoms with Crippen molar-refractivity contribution in [1.29, 1.82) is 0 Å². The third-order valence-corrected chi connectivity index (χ3v) is 3.56. The molecule has 6 heteroatoms. The van der Waals surface area contributed by atoms with E-state index in [0.717, 1.165) is 31.5 Å². The summed E-state index contributed by atoms with van der Waals surface area (Å²) >= 11 is 0. The van der Waals surface area contributed by atoms with E-state index in [4.69, 9.17) is 5.73 Å². The van der Waals surface area contributed by atoms with Crippen LogP contribution in [0.1, 0.15) is 18.4 Å². The molecule has 0 aliphatic carbocycles. The van der Waals surface area contributed by atoms with E-state index in [1.807, 2.05) is 6.07 Å². The van der Waals surface area contributed by atoms with Crippen LogP contribution in [-0.2, 0) is 6.54 Å². The second kappa shape index (κ2) is 5.99. The minimum absolute atomic E-state index is 0.0341. The van der Waals surface area contributed by atoms with Crippen molar-refractivity contribution < 1.29 is 10.0 Å². The average molecular weight is 265 g/mol. The first-order valence-corrected chi connectivity index (χ1v) is 6.46. The predicted molar refractivity (Wildman–Crippen MR) is 72.6 cm³/mol. The largest absolute Gasteiger partial charge is 0.396 e. The fourth-order valence-electron chi connectivity index (χ4n) is 2.55. The summed E-state index contributed by atoms with van der Waals surface area (Å²) in [6.07, 6.45) is 2.11. The van der Waals surface area contributed by atoms with Gasteiger partial charge in [0.1, 0.15) is 5.69 Å². The SMILES string of the molecule is Nc1ccc(CN2CCCC(CO)C2)cc1[N+](=O)[O-]. The number of hydrogen-bond acceptors (Lipinski definition) is 5. The van der Waals surface area contributed by atoms with Crippen molar-refractivity contribution in [2.45, 2.75) is 19.4 Å². The third kappa shape index (κ3) is 3.42. The molecule has 1 atom stereocenters. The Kier molecular flexibility index (Phi) is 4.34. The fraction of sp³-hybridized carbons (Fsp3) is 0.538. The molecular weight excluding hydrogens is 246 g/mol. The van der Waals surface area contributed by atoms with Crippen LogP contribution in [-0.4, -0.2) is 34.6 Å². The third-order valence-electron chi connectivity index (χ3n) is 3.56. The Morgan fingerprint density at radius 1 is 1.53 bits per heavy atom. The van der Waals surface area contributed by atoms with Crippen molar-refractivity contribution in [1.82, 2.24) is 4.90 Å². The van der Waals surface area contributed by atoms with Crippen molar-refractivity contribution >= 4 is 11.4 Å². The number of nitrogen functional groups attached to an aromatic ring is 1. The number of benzene rings is 1. The number of likely N-dealkylation sites (tertiary alicyclic amines) is 1. The Labute approximate surface area is 112 Å². The Bertz CT molecular complexity index is 464. The van der Waals surface area contributed by atoms with E-state index >= 15 is 0 Å². The first-order chi connectivity index (χ1) is 9.10. The van der Waals surface area contributed by atoms with Gasteiger partial charge in [0.05, 0.1) is 4.92 Å². The standard InChI is InChI=1S/C13H19N3O3/c14-12-4-3-10(6-13(12)16(18)19)7-15-5-1-2-11(8-15)9-17/h3-4,6,11,17H,1-2,5,7-9,14H2.